The minimum absolute atomic E-state index is 0.301. The van der Waals surface area contributed by atoms with E-state index in [1.807, 2.05) is 4.90 Å². The van der Waals surface area contributed by atoms with E-state index in [1.54, 1.807) is 11.3 Å². The molecule has 118 valence electrons. The van der Waals surface area contributed by atoms with Crippen molar-refractivity contribution >= 4 is 10.9 Å². The number of hydrogen-bond acceptors (Lipinski definition) is 0. The zero-order valence-corrected chi connectivity index (χ0v) is 14.0. The van der Waals surface area contributed by atoms with Crippen molar-refractivity contribution in [3.63, 3.8) is 0 Å². The summed E-state index contributed by atoms with van der Waals surface area (Å²) in [6.07, 6.45) is 8.08. The molecule has 2 heteroatoms. The molecule has 0 spiro atoms. The molecule has 4 rings (SSSR count). The third kappa shape index (κ3) is 2.11. The first kappa shape index (κ1) is 14.3. The van der Waals surface area contributed by atoms with Crippen LogP contribution in [-0.2, 0) is 12.0 Å². The van der Waals surface area contributed by atoms with E-state index < -0.39 is 0 Å². The number of aromatic nitrogens is 1. The number of nitrogens with one attached hydrogen (secondary N) is 2. The second-order valence-electron chi connectivity index (χ2n) is 7.71. The maximum absolute atomic E-state index is 3.82. The number of benzene rings is 1. The average molecular weight is 297 g/mol. The van der Waals surface area contributed by atoms with Gasteiger partial charge in [-0.1, -0.05) is 31.5 Å². The van der Waals surface area contributed by atoms with Crippen LogP contribution in [0.15, 0.2) is 24.3 Å². The summed E-state index contributed by atoms with van der Waals surface area (Å²) in [7, 11) is 0. The van der Waals surface area contributed by atoms with E-state index in [2.05, 4.69) is 43.1 Å². The van der Waals surface area contributed by atoms with E-state index in [9.17, 15) is 0 Å². The van der Waals surface area contributed by atoms with Crippen LogP contribution in [-0.4, -0.2) is 18.1 Å². The fourth-order valence-electron chi connectivity index (χ4n) is 5.09. The van der Waals surface area contributed by atoms with Crippen molar-refractivity contribution in [2.75, 3.05) is 13.1 Å². The molecule has 0 aliphatic carbocycles. The Kier molecular flexibility index (Phi) is 3.53. The van der Waals surface area contributed by atoms with Gasteiger partial charge in [-0.05, 0) is 37.8 Å². The van der Waals surface area contributed by atoms with E-state index in [0.717, 1.165) is 5.92 Å². The van der Waals surface area contributed by atoms with Crippen molar-refractivity contribution in [2.45, 2.75) is 57.9 Å². The van der Waals surface area contributed by atoms with Gasteiger partial charge in [-0.25, -0.2) is 0 Å². The molecule has 0 amide bonds. The van der Waals surface area contributed by atoms with Crippen LogP contribution in [0.5, 0.6) is 0 Å². The van der Waals surface area contributed by atoms with Crippen molar-refractivity contribution in [3.8, 4) is 0 Å². The van der Waals surface area contributed by atoms with E-state index in [4.69, 9.17) is 0 Å². The van der Waals surface area contributed by atoms with Gasteiger partial charge in [0.25, 0.3) is 0 Å². The molecule has 1 fully saturated rings. The van der Waals surface area contributed by atoms with Gasteiger partial charge in [0.15, 0.2) is 0 Å². The van der Waals surface area contributed by atoms with Crippen LogP contribution in [0.3, 0.4) is 0 Å². The molecule has 0 saturated carbocycles. The first-order valence-corrected chi connectivity index (χ1v) is 9.17. The number of quaternary nitrogens is 1. The second-order valence-corrected chi connectivity index (χ2v) is 7.71. The predicted molar refractivity (Wildman–Crippen MR) is 92.3 cm³/mol. The van der Waals surface area contributed by atoms with Gasteiger partial charge < -0.3 is 9.88 Å². The predicted octanol–water partition coefficient (Wildman–Crippen LogP) is 3.42. The van der Waals surface area contributed by atoms with Crippen molar-refractivity contribution in [3.05, 3.63) is 35.5 Å². The molecule has 22 heavy (non-hydrogen) atoms. The number of H-pyrrole nitrogens is 1. The van der Waals surface area contributed by atoms with Gasteiger partial charge in [0, 0.05) is 29.7 Å². The lowest BCUT2D eigenvalue weighted by Crippen LogP contribution is -3.19. The largest absolute Gasteiger partial charge is 0.353 e. The Balaban J connectivity index is 1.77. The molecule has 1 aromatic carbocycles. The molecule has 1 unspecified atom stereocenters. The fraction of sp³-hybridized carbons (Fsp3) is 0.600. The van der Waals surface area contributed by atoms with Crippen LogP contribution in [0, 0.1) is 5.92 Å². The van der Waals surface area contributed by atoms with Crippen LogP contribution in [0.1, 0.15) is 57.2 Å². The molecular weight excluding hydrogens is 268 g/mol. The highest BCUT2D eigenvalue weighted by atomic mass is 15.2. The lowest BCUT2D eigenvalue weighted by molar-refractivity contribution is -0.968. The Hall–Kier alpha value is -1.28. The van der Waals surface area contributed by atoms with Crippen molar-refractivity contribution < 1.29 is 4.90 Å². The maximum Gasteiger partial charge on any atom is 0.136 e. The van der Waals surface area contributed by atoms with E-state index in [1.165, 1.54) is 62.5 Å². The lowest BCUT2D eigenvalue weighted by Gasteiger charge is -2.43. The average Bonchev–Trinajstić information content (AvgIpc) is 2.84. The lowest BCUT2D eigenvalue weighted by atomic mass is 9.79. The Morgan fingerprint density at radius 2 is 2.18 bits per heavy atom. The number of aromatic amines is 1. The summed E-state index contributed by atoms with van der Waals surface area (Å²) in [5.41, 5.74) is 4.80. The third-order valence-electron chi connectivity index (χ3n) is 6.34. The zero-order chi connectivity index (χ0) is 15.2. The normalized spacial score (nSPS) is 31.5. The van der Waals surface area contributed by atoms with Gasteiger partial charge in [-0.2, -0.15) is 0 Å². The molecule has 1 saturated heterocycles. The first-order chi connectivity index (χ1) is 10.7. The Labute approximate surface area is 133 Å². The van der Waals surface area contributed by atoms with Crippen molar-refractivity contribution in [1.82, 2.24) is 4.98 Å². The van der Waals surface area contributed by atoms with E-state index in [-0.39, 0.29) is 0 Å². The highest BCUT2D eigenvalue weighted by molar-refractivity contribution is 5.85. The Morgan fingerprint density at radius 1 is 1.32 bits per heavy atom. The van der Waals surface area contributed by atoms with Gasteiger partial charge in [0.2, 0.25) is 0 Å². The number of hydrogen-bond donors (Lipinski definition) is 2. The van der Waals surface area contributed by atoms with E-state index >= 15 is 0 Å². The first-order valence-electron chi connectivity index (χ1n) is 9.17. The number of fused-ring (bicyclic) bond motifs is 5. The summed E-state index contributed by atoms with van der Waals surface area (Å²) >= 11 is 0. The van der Waals surface area contributed by atoms with Gasteiger partial charge in [-0.3, -0.25) is 0 Å². The minimum atomic E-state index is 0.301. The molecule has 0 bridgehead atoms. The van der Waals surface area contributed by atoms with E-state index in [0.29, 0.717) is 5.54 Å². The number of rotatable bonds is 2. The van der Waals surface area contributed by atoms with Gasteiger partial charge in [0.05, 0.1) is 18.8 Å². The van der Waals surface area contributed by atoms with Crippen LogP contribution in [0.25, 0.3) is 10.9 Å². The Bertz CT molecular complexity index is 671. The summed E-state index contributed by atoms with van der Waals surface area (Å²) in [5, 5.41) is 1.47. The van der Waals surface area contributed by atoms with Crippen molar-refractivity contribution in [2.24, 2.45) is 5.92 Å². The van der Waals surface area contributed by atoms with Gasteiger partial charge in [0.1, 0.15) is 5.54 Å². The monoisotopic (exact) mass is 297 g/mol. The SMILES string of the molecule is CCC[C@@H]1CC[C@]2(C)c3[nH]c4ccccc4c3CCC[NH+]2C1. The summed E-state index contributed by atoms with van der Waals surface area (Å²) in [5.74, 6) is 0.944. The summed E-state index contributed by atoms with van der Waals surface area (Å²) < 4.78 is 0. The standard InChI is InChI=1S/C20H28N2/c1-3-7-15-11-12-20(2)19-17(9-6-13-22(20)14-15)16-8-4-5-10-18(16)21-19/h4-5,8,10,15,21H,3,6-7,9,11-14H2,1-2H3/p+1/t15-,20-/m1/s1. The second kappa shape index (κ2) is 5.42. The van der Waals surface area contributed by atoms with Crippen LogP contribution in [0.2, 0.25) is 0 Å². The molecule has 1 aromatic heterocycles. The minimum Gasteiger partial charge on any atom is -0.353 e. The molecule has 2 aliphatic rings. The van der Waals surface area contributed by atoms with Gasteiger partial charge >= 0.3 is 0 Å². The number of para-hydroxylation sites is 1. The molecule has 3 atom stereocenters. The highest BCUT2D eigenvalue weighted by Crippen LogP contribution is 2.36. The fourth-order valence-corrected chi connectivity index (χ4v) is 5.09. The summed E-state index contributed by atoms with van der Waals surface area (Å²) in [4.78, 5) is 5.66. The Morgan fingerprint density at radius 3 is 3.05 bits per heavy atom. The van der Waals surface area contributed by atoms with Crippen LogP contribution < -0.4 is 4.90 Å². The molecule has 2 aromatic rings. The summed E-state index contributed by atoms with van der Waals surface area (Å²) in [6, 6.07) is 8.90. The molecular formula is C20H29N2+. The molecule has 2 aliphatic heterocycles. The highest BCUT2D eigenvalue weighted by Gasteiger charge is 2.46. The molecule has 2 nitrogen and oxygen atoms in total. The topological polar surface area (TPSA) is 20.2 Å². The number of aryl methyl sites for hydroxylation is 1. The van der Waals surface area contributed by atoms with Crippen LogP contribution >= 0.6 is 0 Å². The zero-order valence-electron chi connectivity index (χ0n) is 14.0. The maximum atomic E-state index is 3.82. The third-order valence-corrected chi connectivity index (χ3v) is 6.34. The van der Waals surface area contributed by atoms with Gasteiger partial charge in [-0.15, -0.1) is 0 Å². The molecule has 0 radical (unpaired) electrons. The van der Waals surface area contributed by atoms with Crippen molar-refractivity contribution in [1.29, 1.82) is 0 Å². The summed E-state index contributed by atoms with van der Waals surface area (Å²) in [6.45, 7) is 7.57. The van der Waals surface area contributed by atoms with Crippen LogP contribution in [0.4, 0.5) is 0 Å². The number of piperidine rings is 1. The molecule has 3 heterocycles. The smallest absolute Gasteiger partial charge is 0.136 e. The quantitative estimate of drug-likeness (QED) is 0.847. The molecule has 2 N–H and O–H groups in total.